The van der Waals surface area contributed by atoms with Crippen LogP contribution in [0, 0.1) is 13.8 Å². The largest absolute Gasteiger partial charge is 0.346 e. The van der Waals surface area contributed by atoms with E-state index in [4.69, 9.17) is 4.98 Å². The molecular weight excluding hydrogens is 222 g/mol. The summed E-state index contributed by atoms with van der Waals surface area (Å²) in [6.07, 6.45) is 2.10. The van der Waals surface area contributed by atoms with Crippen LogP contribution in [0.1, 0.15) is 23.5 Å². The van der Waals surface area contributed by atoms with Gasteiger partial charge in [0.15, 0.2) is 0 Å². The molecule has 1 aromatic heterocycles. The van der Waals surface area contributed by atoms with E-state index in [9.17, 15) is 0 Å². The highest BCUT2D eigenvalue weighted by molar-refractivity contribution is 5.65. The zero-order chi connectivity index (χ0) is 13.0. The number of imidazole rings is 1. The lowest BCUT2D eigenvalue weighted by Gasteiger charge is -2.02. The zero-order valence-corrected chi connectivity index (χ0v) is 11.4. The highest BCUT2D eigenvalue weighted by Crippen LogP contribution is 2.24. The molecule has 1 aromatic carbocycles. The second-order valence-corrected chi connectivity index (χ2v) is 4.68. The van der Waals surface area contributed by atoms with E-state index in [1.165, 1.54) is 11.1 Å². The third-order valence-electron chi connectivity index (χ3n) is 3.17. The summed E-state index contributed by atoms with van der Waals surface area (Å²) in [7, 11) is 1.98. The Morgan fingerprint density at radius 3 is 2.72 bits per heavy atom. The van der Waals surface area contributed by atoms with Crippen LogP contribution < -0.4 is 5.32 Å². The molecule has 3 heteroatoms. The SMILES string of the molecule is CNCCCc1nc(-c2ccccc2C)c(C)[nH]1. The van der Waals surface area contributed by atoms with Gasteiger partial charge in [0.2, 0.25) is 0 Å². The molecule has 1 heterocycles. The van der Waals surface area contributed by atoms with Crippen LogP contribution in [0.2, 0.25) is 0 Å². The molecule has 2 rings (SSSR count). The van der Waals surface area contributed by atoms with Crippen LogP contribution >= 0.6 is 0 Å². The molecule has 2 aromatic rings. The van der Waals surface area contributed by atoms with Crippen molar-refractivity contribution in [3.63, 3.8) is 0 Å². The number of nitrogens with zero attached hydrogens (tertiary/aromatic N) is 1. The Balaban J connectivity index is 2.22. The molecule has 2 N–H and O–H groups in total. The van der Waals surface area contributed by atoms with Gasteiger partial charge in [-0.2, -0.15) is 0 Å². The molecule has 0 aliphatic heterocycles. The number of aryl methyl sites for hydroxylation is 3. The minimum Gasteiger partial charge on any atom is -0.346 e. The summed E-state index contributed by atoms with van der Waals surface area (Å²) in [5.74, 6) is 1.08. The average molecular weight is 243 g/mol. The monoisotopic (exact) mass is 243 g/mol. The van der Waals surface area contributed by atoms with Crippen LogP contribution in [0.5, 0.6) is 0 Å². The Kier molecular flexibility index (Phi) is 4.15. The first kappa shape index (κ1) is 12.8. The van der Waals surface area contributed by atoms with Crippen LogP contribution in [0.25, 0.3) is 11.3 Å². The Morgan fingerprint density at radius 1 is 1.22 bits per heavy atom. The molecule has 0 unspecified atom stereocenters. The maximum absolute atomic E-state index is 4.73. The number of aromatic nitrogens is 2. The van der Waals surface area contributed by atoms with Crippen LogP contribution in [-0.4, -0.2) is 23.6 Å². The van der Waals surface area contributed by atoms with Crippen LogP contribution in [0.15, 0.2) is 24.3 Å². The second kappa shape index (κ2) is 5.83. The van der Waals surface area contributed by atoms with Gasteiger partial charge in [-0.25, -0.2) is 4.98 Å². The van der Waals surface area contributed by atoms with Crippen molar-refractivity contribution >= 4 is 0 Å². The second-order valence-electron chi connectivity index (χ2n) is 4.68. The molecule has 0 saturated heterocycles. The van der Waals surface area contributed by atoms with Gasteiger partial charge < -0.3 is 10.3 Å². The molecule has 3 nitrogen and oxygen atoms in total. The van der Waals surface area contributed by atoms with Crippen molar-refractivity contribution in [3.8, 4) is 11.3 Å². The Hall–Kier alpha value is -1.61. The van der Waals surface area contributed by atoms with Crippen LogP contribution in [0.4, 0.5) is 0 Å². The lowest BCUT2D eigenvalue weighted by molar-refractivity contribution is 0.707. The molecule has 0 spiro atoms. The van der Waals surface area contributed by atoms with E-state index in [-0.39, 0.29) is 0 Å². The molecular formula is C15H21N3. The van der Waals surface area contributed by atoms with E-state index in [2.05, 4.69) is 48.4 Å². The first-order chi connectivity index (χ1) is 8.72. The van der Waals surface area contributed by atoms with Gasteiger partial charge in [-0.3, -0.25) is 0 Å². The van der Waals surface area contributed by atoms with Gasteiger partial charge in [-0.05, 0) is 39.4 Å². The lowest BCUT2D eigenvalue weighted by Crippen LogP contribution is -2.08. The standard InChI is InChI=1S/C15H21N3/c1-11-7-4-5-8-13(11)15-12(2)17-14(18-15)9-6-10-16-3/h4-5,7-8,16H,6,9-10H2,1-3H3,(H,17,18). The Morgan fingerprint density at radius 2 is 2.00 bits per heavy atom. The quantitative estimate of drug-likeness (QED) is 0.793. The predicted molar refractivity (Wildman–Crippen MR) is 75.7 cm³/mol. The van der Waals surface area contributed by atoms with Gasteiger partial charge in [0.25, 0.3) is 0 Å². The highest BCUT2D eigenvalue weighted by Gasteiger charge is 2.10. The van der Waals surface area contributed by atoms with Crippen LogP contribution in [0.3, 0.4) is 0 Å². The third kappa shape index (κ3) is 2.79. The van der Waals surface area contributed by atoms with Gasteiger partial charge in [0.05, 0.1) is 5.69 Å². The first-order valence-electron chi connectivity index (χ1n) is 6.48. The lowest BCUT2D eigenvalue weighted by atomic mass is 10.1. The molecule has 0 aliphatic rings. The fourth-order valence-corrected chi connectivity index (χ4v) is 2.17. The third-order valence-corrected chi connectivity index (χ3v) is 3.17. The molecule has 0 atom stereocenters. The average Bonchev–Trinajstić information content (AvgIpc) is 2.71. The molecule has 18 heavy (non-hydrogen) atoms. The Bertz CT molecular complexity index is 514. The molecule has 0 fully saturated rings. The topological polar surface area (TPSA) is 40.7 Å². The van der Waals surface area contributed by atoms with E-state index >= 15 is 0 Å². The van der Waals surface area contributed by atoms with Crippen LogP contribution in [-0.2, 0) is 6.42 Å². The summed E-state index contributed by atoms with van der Waals surface area (Å²) in [6, 6.07) is 8.39. The van der Waals surface area contributed by atoms with Gasteiger partial charge in [0.1, 0.15) is 5.82 Å². The van der Waals surface area contributed by atoms with Gasteiger partial charge in [-0.1, -0.05) is 24.3 Å². The number of rotatable bonds is 5. The van der Waals surface area contributed by atoms with E-state index in [1.807, 2.05) is 7.05 Å². The van der Waals surface area contributed by atoms with Gasteiger partial charge in [0, 0.05) is 17.7 Å². The normalized spacial score (nSPS) is 10.8. The summed E-state index contributed by atoms with van der Waals surface area (Å²) in [4.78, 5) is 8.12. The van der Waals surface area contributed by atoms with Gasteiger partial charge in [-0.15, -0.1) is 0 Å². The zero-order valence-electron chi connectivity index (χ0n) is 11.4. The number of hydrogen-bond donors (Lipinski definition) is 2. The number of benzene rings is 1. The minimum atomic E-state index is 0.994. The van der Waals surface area contributed by atoms with E-state index in [1.54, 1.807) is 0 Å². The summed E-state index contributed by atoms with van der Waals surface area (Å²) in [5.41, 5.74) is 4.75. The van der Waals surface area contributed by atoms with Crippen molar-refractivity contribution in [2.75, 3.05) is 13.6 Å². The van der Waals surface area contributed by atoms with E-state index in [0.29, 0.717) is 0 Å². The maximum Gasteiger partial charge on any atom is 0.107 e. The molecule has 0 amide bonds. The molecule has 0 radical (unpaired) electrons. The minimum absolute atomic E-state index is 0.994. The summed E-state index contributed by atoms with van der Waals surface area (Å²) in [6.45, 7) is 5.25. The summed E-state index contributed by atoms with van der Waals surface area (Å²) in [5, 5.41) is 3.16. The maximum atomic E-state index is 4.73. The Labute approximate surface area is 109 Å². The molecule has 0 aliphatic carbocycles. The van der Waals surface area contributed by atoms with Crippen molar-refractivity contribution in [2.45, 2.75) is 26.7 Å². The number of H-pyrrole nitrogens is 1. The van der Waals surface area contributed by atoms with Crippen molar-refractivity contribution < 1.29 is 0 Å². The fraction of sp³-hybridized carbons (Fsp3) is 0.400. The predicted octanol–water partition coefficient (Wildman–Crippen LogP) is 2.85. The molecule has 0 saturated carbocycles. The van der Waals surface area contributed by atoms with E-state index < -0.39 is 0 Å². The smallest absolute Gasteiger partial charge is 0.107 e. The van der Waals surface area contributed by atoms with Crippen molar-refractivity contribution in [1.82, 2.24) is 15.3 Å². The number of nitrogens with one attached hydrogen (secondary N) is 2. The molecule has 96 valence electrons. The van der Waals surface area contributed by atoms with Gasteiger partial charge >= 0.3 is 0 Å². The highest BCUT2D eigenvalue weighted by atomic mass is 14.9. The fourth-order valence-electron chi connectivity index (χ4n) is 2.17. The number of hydrogen-bond acceptors (Lipinski definition) is 2. The van der Waals surface area contributed by atoms with E-state index in [0.717, 1.165) is 36.6 Å². The summed E-state index contributed by atoms with van der Waals surface area (Å²) >= 11 is 0. The summed E-state index contributed by atoms with van der Waals surface area (Å²) < 4.78 is 0. The molecule has 0 bridgehead atoms. The number of aromatic amines is 1. The first-order valence-corrected chi connectivity index (χ1v) is 6.48. The van der Waals surface area contributed by atoms with Crippen molar-refractivity contribution in [3.05, 3.63) is 41.3 Å². The van der Waals surface area contributed by atoms with Crippen molar-refractivity contribution in [1.29, 1.82) is 0 Å². The van der Waals surface area contributed by atoms with Crippen molar-refractivity contribution in [2.24, 2.45) is 0 Å².